The molecular formula is C11H13BrO3S. The molecular weight excluding hydrogens is 292 g/mol. The molecule has 3 nitrogen and oxygen atoms in total. The predicted octanol–water partition coefficient (Wildman–Crippen LogP) is 2.45. The fourth-order valence-electron chi connectivity index (χ4n) is 1.13. The van der Waals surface area contributed by atoms with Crippen LogP contribution in [0.25, 0.3) is 0 Å². The molecule has 1 aromatic carbocycles. The number of ketones is 1. The molecule has 0 bridgehead atoms. The minimum Gasteiger partial charge on any atom is -0.298 e. The molecule has 0 aromatic heterocycles. The predicted molar refractivity (Wildman–Crippen MR) is 66.0 cm³/mol. The van der Waals surface area contributed by atoms with E-state index in [9.17, 15) is 13.2 Å². The zero-order valence-corrected chi connectivity index (χ0v) is 11.5. The number of sulfone groups is 1. The first-order valence-corrected chi connectivity index (χ1v) is 7.29. The number of halogens is 1. The van der Waals surface area contributed by atoms with Crippen LogP contribution in [0.15, 0.2) is 33.6 Å². The maximum atomic E-state index is 11.9. The summed E-state index contributed by atoms with van der Waals surface area (Å²) in [5, 5.41) is 0. The van der Waals surface area contributed by atoms with E-state index in [-0.39, 0.29) is 16.6 Å². The Labute approximate surface area is 104 Å². The third kappa shape index (κ3) is 3.15. The van der Waals surface area contributed by atoms with Gasteiger partial charge in [0, 0.05) is 10.4 Å². The molecule has 0 N–H and O–H groups in total. The number of rotatable bonds is 4. The van der Waals surface area contributed by atoms with E-state index in [1.807, 2.05) is 0 Å². The Morgan fingerprint density at radius 2 is 1.88 bits per heavy atom. The van der Waals surface area contributed by atoms with Crippen molar-refractivity contribution in [2.75, 3.05) is 5.75 Å². The van der Waals surface area contributed by atoms with E-state index in [2.05, 4.69) is 15.9 Å². The fourth-order valence-corrected chi connectivity index (χ4v) is 3.67. The van der Waals surface area contributed by atoms with Crippen molar-refractivity contribution in [1.82, 2.24) is 0 Å². The number of carbonyl (C=O) groups is 1. The van der Waals surface area contributed by atoms with Crippen molar-refractivity contribution in [1.29, 1.82) is 0 Å². The Bertz CT molecular complexity index is 492. The van der Waals surface area contributed by atoms with Gasteiger partial charge in [-0.2, -0.15) is 0 Å². The lowest BCUT2D eigenvalue weighted by Crippen LogP contribution is -2.20. The standard InChI is InChI=1S/C11H13BrO3S/c1-8(2)10(13)7-16(14,15)11-6-4-3-5-9(11)12/h3-6,8H,7H2,1-2H3. The Morgan fingerprint density at radius 1 is 1.31 bits per heavy atom. The molecule has 0 aliphatic heterocycles. The second-order valence-corrected chi connectivity index (χ2v) is 6.62. The van der Waals surface area contributed by atoms with E-state index < -0.39 is 15.6 Å². The highest BCUT2D eigenvalue weighted by atomic mass is 79.9. The van der Waals surface area contributed by atoms with Gasteiger partial charge in [-0.15, -0.1) is 0 Å². The molecule has 5 heteroatoms. The minimum absolute atomic E-state index is 0.170. The van der Waals surface area contributed by atoms with Crippen molar-refractivity contribution in [2.45, 2.75) is 18.7 Å². The van der Waals surface area contributed by atoms with Crippen LogP contribution in [0, 0.1) is 5.92 Å². The average molecular weight is 305 g/mol. The van der Waals surface area contributed by atoms with Gasteiger partial charge < -0.3 is 0 Å². The van der Waals surface area contributed by atoms with E-state index in [1.54, 1.807) is 32.0 Å². The van der Waals surface area contributed by atoms with Gasteiger partial charge in [0.2, 0.25) is 0 Å². The molecule has 0 unspecified atom stereocenters. The van der Waals surface area contributed by atoms with Gasteiger partial charge in [-0.05, 0) is 28.1 Å². The lowest BCUT2D eigenvalue weighted by molar-refractivity contribution is -0.119. The lowest BCUT2D eigenvalue weighted by atomic mass is 10.1. The summed E-state index contributed by atoms with van der Waals surface area (Å²) < 4.78 is 24.3. The van der Waals surface area contributed by atoms with Gasteiger partial charge in [0.1, 0.15) is 5.75 Å². The first-order valence-electron chi connectivity index (χ1n) is 4.84. The fraction of sp³-hybridized carbons (Fsp3) is 0.364. The molecule has 0 saturated carbocycles. The summed E-state index contributed by atoms with van der Waals surface area (Å²) in [4.78, 5) is 11.6. The van der Waals surface area contributed by atoms with E-state index >= 15 is 0 Å². The topological polar surface area (TPSA) is 51.2 Å². The number of benzene rings is 1. The van der Waals surface area contributed by atoms with E-state index in [4.69, 9.17) is 0 Å². The first kappa shape index (κ1) is 13.4. The highest BCUT2D eigenvalue weighted by Gasteiger charge is 2.22. The highest BCUT2D eigenvalue weighted by Crippen LogP contribution is 2.22. The van der Waals surface area contributed by atoms with Crippen molar-refractivity contribution >= 4 is 31.6 Å². The Morgan fingerprint density at radius 3 is 2.38 bits per heavy atom. The molecule has 0 spiro atoms. The second kappa shape index (κ2) is 5.10. The van der Waals surface area contributed by atoms with Crippen LogP contribution in [0.3, 0.4) is 0 Å². The number of Topliss-reactive ketones (excluding diaryl/α,β-unsaturated/α-hetero) is 1. The number of hydrogen-bond donors (Lipinski definition) is 0. The largest absolute Gasteiger partial charge is 0.298 e. The van der Waals surface area contributed by atoms with Crippen LogP contribution in [0.5, 0.6) is 0 Å². The average Bonchev–Trinajstić information content (AvgIpc) is 2.17. The Balaban J connectivity index is 3.05. The molecule has 0 aliphatic rings. The normalized spacial score (nSPS) is 11.8. The smallest absolute Gasteiger partial charge is 0.186 e. The lowest BCUT2D eigenvalue weighted by Gasteiger charge is -2.07. The molecule has 0 radical (unpaired) electrons. The van der Waals surface area contributed by atoms with Crippen LogP contribution in [-0.2, 0) is 14.6 Å². The summed E-state index contributed by atoms with van der Waals surface area (Å²) in [6, 6.07) is 6.50. The van der Waals surface area contributed by atoms with Crippen LogP contribution >= 0.6 is 15.9 Å². The van der Waals surface area contributed by atoms with Gasteiger partial charge in [0.15, 0.2) is 15.6 Å². The van der Waals surface area contributed by atoms with Crippen molar-refractivity contribution in [3.05, 3.63) is 28.7 Å². The molecule has 0 atom stereocenters. The van der Waals surface area contributed by atoms with Gasteiger partial charge in [0.05, 0.1) is 4.90 Å². The molecule has 0 fully saturated rings. The second-order valence-electron chi connectivity index (χ2n) is 3.81. The number of hydrogen-bond acceptors (Lipinski definition) is 3. The summed E-state index contributed by atoms with van der Waals surface area (Å²) >= 11 is 3.17. The molecule has 1 rings (SSSR count). The molecule has 0 saturated heterocycles. The SMILES string of the molecule is CC(C)C(=O)CS(=O)(=O)c1ccccc1Br. The zero-order valence-electron chi connectivity index (χ0n) is 9.10. The monoisotopic (exact) mass is 304 g/mol. The van der Waals surface area contributed by atoms with Crippen molar-refractivity contribution in [3.8, 4) is 0 Å². The van der Waals surface area contributed by atoms with Gasteiger partial charge >= 0.3 is 0 Å². The maximum Gasteiger partial charge on any atom is 0.186 e. The van der Waals surface area contributed by atoms with Gasteiger partial charge in [-0.3, -0.25) is 4.79 Å². The Kier molecular flexibility index (Phi) is 4.27. The van der Waals surface area contributed by atoms with E-state index in [1.165, 1.54) is 6.07 Å². The number of carbonyl (C=O) groups excluding carboxylic acids is 1. The molecule has 88 valence electrons. The van der Waals surface area contributed by atoms with Crippen molar-refractivity contribution in [3.63, 3.8) is 0 Å². The summed E-state index contributed by atoms with van der Waals surface area (Å²) in [5.74, 6) is -0.971. The summed E-state index contributed by atoms with van der Waals surface area (Å²) in [7, 11) is -3.53. The first-order chi connectivity index (χ1) is 7.34. The maximum absolute atomic E-state index is 11.9. The van der Waals surface area contributed by atoms with Gasteiger partial charge in [-0.1, -0.05) is 26.0 Å². The summed E-state index contributed by atoms with van der Waals surface area (Å²) in [5.41, 5.74) is 0. The van der Waals surface area contributed by atoms with Crippen LogP contribution in [0.1, 0.15) is 13.8 Å². The van der Waals surface area contributed by atoms with Crippen LogP contribution in [0.4, 0.5) is 0 Å². The molecule has 0 aliphatic carbocycles. The molecule has 0 amide bonds. The third-order valence-electron chi connectivity index (χ3n) is 2.15. The summed E-state index contributed by atoms with van der Waals surface area (Å²) in [6.07, 6.45) is 0. The minimum atomic E-state index is -3.53. The van der Waals surface area contributed by atoms with Crippen molar-refractivity contribution < 1.29 is 13.2 Å². The van der Waals surface area contributed by atoms with Gasteiger partial charge in [0.25, 0.3) is 0 Å². The molecule has 16 heavy (non-hydrogen) atoms. The van der Waals surface area contributed by atoms with Crippen LogP contribution in [0.2, 0.25) is 0 Å². The Hall–Kier alpha value is -0.680. The quantitative estimate of drug-likeness (QED) is 0.858. The molecule has 0 heterocycles. The van der Waals surface area contributed by atoms with E-state index in [0.29, 0.717) is 4.47 Å². The summed E-state index contributed by atoms with van der Waals surface area (Å²) in [6.45, 7) is 3.38. The van der Waals surface area contributed by atoms with Crippen LogP contribution in [-0.4, -0.2) is 20.0 Å². The van der Waals surface area contributed by atoms with Crippen molar-refractivity contribution in [2.24, 2.45) is 5.92 Å². The molecule has 1 aromatic rings. The third-order valence-corrected chi connectivity index (χ3v) is 4.79. The van der Waals surface area contributed by atoms with E-state index in [0.717, 1.165) is 0 Å². The zero-order chi connectivity index (χ0) is 12.3. The van der Waals surface area contributed by atoms with Gasteiger partial charge in [-0.25, -0.2) is 8.42 Å². The van der Waals surface area contributed by atoms with Crippen LogP contribution < -0.4 is 0 Å². The highest BCUT2D eigenvalue weighted by molar-refractivity contribution is 9.10.